The molecule has 0 fully saturated rings. The molecule has 55 heavy (non-hydrogen) atoms. The Labute approximate surface area is 320 Å². The van der Waals surface area contributed by atoms with Crippen LogP contribution in [0.25, 0.3) is 77.3 Å². The van der Waals surface area contributed by atoms with Crippen LogP contribution in [0.1, 0.15) is 22.3 Å². The highest BCUT2D eigenvalue weighted by Gasteiger charge is 2.46. The summed E-state index contributed by atoms with van der Waals surface area (Å²) in [6.45, 7) is 0. The Bertz CT molecular complexity index is 3040. The van der Waals surface area contributed by atoms with Gasteiger partial charge < -0.3 is 0 Å². The molecule has 0 N–H and O–H groups in total. The van der Waals surface area contributed by atoms with Crippen LogP contribution in [0.5, 0.6) is 0 Å². The standard InChI is InChI=1S/C53H34N2/c1-4-17-36(18-5-1)51-50-42-25-11-10-16-35(42)30-33-48(50)54-52(55-51)38-20-14-19-37(34-38)41-27-15-28-44-43(41)31-32-47-49(44)45-26-12-13-29-46(45)53(47,39-21-6-2-7-22-39)40-23-8-3-9-24-40/h1-34H. The Kier molecular flexibility index (Phi) is 7.11. The molecule has 1 aromatic heterocycles. The van der Waals surface area contributed by atoms with Crippen LogP contribution in [0.4, 0.5) is 0 Å². The summed E-state index contributed by atoms with van der Waals surface area (Å²) < 4.78 is 0. The molecule has 2 heteroatoms. The number of hydrogen-bond acceptors (Lipinski definition) is 2. The van der Waals surface area contributed by atoms with Gasteiger partial charge in [-0.3, -0.25) is 0 Å². The zero-order valence-electron chi connectivity index (χ0n) is 30.0. The van der Waals surface area contributed by atoms with Gasteiger partial charge >= 0.3 is 0 Å². The van der Waals surface area contributed by atoms with E-state index in [9.17, 15) is 0 Å². The molecule has 10 aromatic rings. The van der Waals surface area contributed by atoms with Crippen molar-refractivity contribution < 1.29 is 0 Å². The second-order valence-electron chi connectivity index (χ2n) is 14.4. The van der Waals surface area contributed by atoms with E-state index < -0.39 is 5.41 Å². The van der Waals surface area contributed by atoms with Gasteiger partial charge in [-0.2, -0.15) is 0 Å². The number of benzene rings is 9. The molecule has 9 aromatic carbocycles. The molecule has 1 aliphatic rings. The van der Waals surface area contributed by atoms with Crippen molar-refractivity contribution in [3.8, 4) is 44.9 Å². The van der Waals surface area contributed by atoms with Crippen LogP contribution in [0.2, 0.25) is 0 Å². The lowest BCUT2D eigenvalue weighted by Crippen LogP contribution is -2.28. The van der Waals surface area contributed by atoms with Gasteiger partial charge in [-0.05, 0) is 78.2 Å². The lowest BCUT2D eigenvalue weighted by molar-refractivity contribution is 0.769. The third-order valence-electron chi connectivity index (χ3n) is 11.5. The van der Waals surface area contributed by atoms with Gasteiger partial charge in [0.15, 0.2) is 5.82 Å². The number of aromatic nitrogens is 2. The fraction of sp³-hybridized carbons (Fsp3) is 0.0189. The fourth-order valence-corrected chi connectivity index (χ4v) is 9.21. The minimum absolute atomic E-state index is 0.437. The minimum atomic E-state index is -0.437. The lowest BCUT2D eigenvalue weighted by Gasteiger charge is -2.34. The Morgan fingerprint density at radius 1 is 0.364 bits per heavy atom. The van der Waals surface area contributed by atoms with Crippen LogP contribution in [0.15, 0.2) is 206 Å². The molecule has 1 heterocycles. The summed E-state index contributed by atoms with van der Waals surface area (Å²) >= 11 is 0. The van der Waals surface area contributed by atoms with Gasteiger partial charge in [0.05, 0.1) is 16.6 Å². The monoisotopic (exact) mass is 698 g/mol. The predicted octanol–water partition coefficient (Wildman–Crippen LogP) is 13.3. The zero-order chi connectivity index (χ0) is 36.3. The van der Waals surface area contributed by atoms with Gasteiger partial charge in [0.2, 0.25) is 0 Å². The first kappa shape index (κ1) is 31.4. The van der Waals surface area contributed by atoms with Crippen molar-refractivity contribution in [1.29, 1.82) is 0 Å². The Balaban J connectivity index is 1.11. The first-order valence-corrected chi connectivity index (χ1v) is 18.9. The highest BCUT2D eigenvalue weighted by atomic mass is 14.9. The van der Waals surface area contributed by atoms with E-state index in [1.54, 1.807) is 0 Å². The highest BCUT2D eigenvalue weighted by molar-refractivity contribution is 6.13. The molecule has 0 bridgehead atoms. The molecule has 0 amide bonds. The van der Waals surface area contributed by atoms with Crippen LogP contribution < -0.4 is 0 Å². The molecule has 0 aliphatic heterocycles. The smallest absolute Gasteiger partial charge is 0.160 e. The van der Waals surface area contributed by atoms with E-state index in [1.165, 1.54) is 55.1 Å². The van der Waals surface area contributed by atoms with E-state index in [0.29, 0.717) is 5.82 Å². The SMILES string of the molecule is c1ccc(-c2nc(-c3cccc(-c4cccc5c6c(ccc45)C(c4ccccc4)(c4ccccc4)c4ccccc4-6)c3)nc3ccc4ccccc4c23)cc1. The molecule has 0 saturated carbocycles. The van der Waals surface area contributed by atoms with E-state index in [-0.39, 0.29) is 0 Å². The lowest BCUT2D eigenvalue weighted by atomic mass is 9.67. The summed E-state index contributed by atoms with van der Waals surface area (Å²) in [5.74, 6) is 0.717. The summed E-state index contributed by atoms with van der Waals surface area (Å²) in [6, 6.07) is 74.5. The number of nitrogens with zero attached hydrogens (tertiary/aromatic N) is 2. The molecule has 1 aliphatic carbocycles. The van der Waals surface area contributed by atoms with Crippen molar-refractivity contribution in [3.05, 3.63) is 229 Å². The molecular weight excluding hydrogens is 665 g/mol. The summed E-state index contributed by atoms with van der Waals surface area (Å²) in [6.07, 6.45) is 0. The average molecular weight is 699 g/mol. The van der Waals surface area contributed by atoms with Gasteiger partial charge in [0.25, 0.3) is 0 Å². The van der Waals surface area contributed by atoms with Gasteiger partial charge in [-0.15, -0.1) is 0 Å². The van der Waals surface area contributed by atoms with Crippen molar-refractivity contribution in [2.24, 2.45) is 0 Å². The maximum Gasteiger partial charge on any atom is 0.160 e. The topological polar surface area (TPSA) is 25.8 Å². The zero-order valence-corrected chi connectivity index (χ0v) is 30.0. The summed E-state index contributed by atoms with van der Waals surface area (Å²) in [5.41, 5.74) is 13.6. The van der Waals surface area contributed by atoms with Crippen molar-refractivity contribution in [1.82, 2.24) is 9.97 Å². The molecule has 0 atom stereocenters. The number of fused-ring (bicyclic) bond motifs is 8. The molecule has 0 unspecified atom stereocenters. The molecule has 0 saturated heterocycles. The summed E-state index contributed by atoms with van der Waals surface area (Å²) in [5, 5.41) is 5.89. The van der Waals surface area contributed by atoms with Gasteiger partial charge in [-0.25, -0.2) is 9.97 Å². The van der Waals surface area contributed by atoms with Crippen molar-refractivity contribution in [2.45, 2.75) is 5.41 Å². The van der Waals surface area contributed by atoms with Crippen LogP contribution >= 0.6 is 0 Å². The van der Waals surface area contributed by atoms with Crippen LogP contribution in [-0.4, -0.2) is 9.97 Å². The fourth-order valence-electron chi connectivity index (χ4n) is 9.21. The quantitative estimate of drug-likeness (QED) is 0.167. The summed E-state index contributed by atoms with van der Waals surface area (Å²) in [7, 11) is 0. The van der Waals surface area contributed by atoms with E-state index in [2.05, 4.69) is 206 Å². The molecule has 0 spiro atoms. The van der Waals surface area contributed by atoms with Gasteiger partial charge in [0.1, 0.15) is 0 Å². The van der Waals surface area contributed by atoms with E-state index in [0.717, 1.165) is 38.7 Å². The minimum Gasteiger partial charge on any atom is -0.228 e. The van der Waals surface area contributed by atoms with Crippen LogP contribution in [-0.2, 0) is 5.41 Å². The maximum atomic E-state index is 5.32. The van der Waals surface area contributed by atoms with Crippen LogP contribution in [0.3, 0.4) is 0 Å². The molecular formula is C53H34N2. The third-order valence-corrected chi connectivity index (χ3v) is 11.5. The van der Waals surface area contributed by atoms with Crippen molar-refractivity contribution in [3.63, 3.8) is 0 Å². The molecule has 11 rings (SSSR count). The molecule has 0 radical (unpaired) electrons. The normalized spacial score (nSPS) is 12.9. The first-order chi connectivity index (χ1) is 27.3. The van der Waals surface area contributed by atoms with E-state index in [1.807, 2.05) is 0 Å². The second kappa shape index (κ2) is 12.5. The molecule has 2 nitrogen and oxygen atoms in total. The largest absolute Gasteiger partial charge is 0.228 e. The van der Waals surface area contributed by atoms with E-state index in [4.69, 9.17) is 9.97 Å². The van der Waals surface area contributed by atoms with Gasteiger partial charge in [0, 0.05) is 16.5 Å². The Morgan fingerprint density at radius 3 is 1.78 bits per heavy atom. The third kappa shape index (κ3) is 4.75. The second-order valence-corrected chi connectivity index (χ2v) is 14.4. The number of rotatable bonds is 5. The Hall–Kier alpha value is -7.16. The maximum absolute atomic E-state index is 5.32. The summed E-state index contributed by atoms with van der Waals surface area (Å²) in [4.78, 5) is 10.5. The molecule has 256 valence electrons. The Morgan fingerprint density at radius 2 is 0.982 bits per heavy atom. The average Bonchev–Trinajstić information content (AvgIpc) is 3.58. The van der Waals surface area contributed by atoms with Crippen LogP contribution in [0, 0.1) is 0 Å². The van der Waals surface area contributed by atoms with Crippen molar-refractivity contribution >= 4 is 32.4 Å². The van der Waals surface area contributed by atoms with Crippen molar-refractivity contribution in [2.75, 3.05) is 0 Å². The van der Waals surface area contributed by atoms with Gasteiger partial charge in [-0.1, -0.05) is 194 Å². The highest BCUT2D eigenvalue weighted by Crippen LogP contribution is 2.58. The first-order valence-electron chi connectivity index (χ1n) is 18.9. The number of hydrogen-bond donors (Lipinski definition) is 0. The van der Waals surface area contributed by atoms with E-state index >= 15 is 0 Å². The predicted molar refractivity (Wildman–Crippen MR) is 228 cm³/mol.